The fourth-order valence-corrected chi connectivity index (χ4v) is 3.76. The van der Waals surface area contributed by atoms with E-state index in [4.69, 9.17) is 4.74 Å². The number of nitrogens with one attached hydrogen (secondary N) is 1. The maximum absolute atomic E-state index is 13.4. The molecule has 0 atom stereocenters. The van der Waals surface area contributed by atoms with E-state index in [9.17, 15) is 14.4 Å². The number of carbonyl (C=O) groups is 1. The topological polar surface area (TPSA) is 108 Å². The molecule has 178 valence electrons. The largest absolute Gasteiger partial charge is 0.497 e. The van der Waals surface area contributed by atoms with Gasteiger partial charge in [-0.1, -0.05) is 24.3 Å². The molecule has 4 rings (SSSR count). The lowest BCUT2D eigenvalue weighted by molar-refractivity contribution is 0.0941. The van der Waals surface area contributed by atoms with Crippen molar-refractivity contribution in [3.05, 3.63) is 116 Å². The third-order valence-corrected chi connectivity index (χ3v) is 5.38. The van der Waals surface area contributed by atoms with Crippen molar-refractivity contribution in [3.63, 3.8) is 0 Å². The lowest BCUT2D eigenvalue weighted by Crippen LogP contribution is -2.46. The maximum Gasteiger partial charge on any atom is 0.352 e. The van der Waals surface area contributed by atoms with Crippen LogP contribution in [-0.2, 0) is 13.1 Å². The Morgan fingerprint density at radius 3 is 2.43 bits per heavy atom. The summed E-state index contributed by atoms with van der Waals surface area (Å²) in [5.74, 6) is -0.0925. The third kappa shape index (κ3) is 5.35. The van der Waals surface area contributed by atoms with Gasteiger partial charge in [0, 0.05) is 18.9 Å². The van der Waals surface area contributed by atoms with Crippen LogP contribution in [0.4, 0.5) is 0 Å². The molecule has 0 unspecified atom stereocenters. The molecule has 0 saturated carbocycles. The molecule has 0 radical (unpaired) electrons. The number of ether oxygens (including phenoxy) is 1. The van der Waals surface area contributed by atoms with Gasteiger partial charge in [0.1, 0.15) is 5.75 Å². The molecule has 0 bridgehead atoms. The van der Waals surface area contributed by atoms with Crippen molar-refractivity contribution in [2.24, 2.45) is 0 Å². The van der Waals surface area contributed by atoms with Crippen molar-refractivity contribution in [2.75, 3.05) is 7.11 Å². The van der Waals surface area contributed by atoms with Gasteiger partial charge in [0.05, 0.1) is 19.3 Å². The Labute approximate surface area is 201 Å². The molecule has 2 heterocycles. The van der Waals surface area contributed by atoms with E-state index < -0.39 is 17.2 Å². The van der Waals surface area contributed by atoms with Crippen LogP contribution < -0.4 is 21.3 Å². The number of aromatic nitrogens is 4. The first-order valence-electron chi connectivity index (χ1n) is 11.0. The Balaban J connectivity index is 1.81. The number of aryl methyl sites for hydroxylation is 2. The Morgan fingerprint density at radius 2 is 1.74 bits per heavy atom. The molecule has 0 aliphatic carbocycles. The molecule has 1 N–H and O–H groups in total. The summed E-state index contributed by atoms with van der Waals surface area (Å²) in [5, 5.41) is 6.89. The van der Waals surface area contributed by atoms with Gasteiger partial charge in [0.25, 0.3) is 11.5 Å². The van der Waals surface area contributed by atoms with Gasteiger partial charge in [0.15, 0.2) is 0 Å². The minimum absolute atomic E-state index is 0.0505. The predicted molar refractivity (Wildman–Crippen MR) is 131 cm³/mol. The minimum atomic E-state index is -0.776. The van der Waals surface area contributed by atoms with Crippen molar-refractivity contribution in [1.82, 2.24) is 24.6 Å². The fraction of sp³-hybridized carbons (Fsp3) is 0.192. The average Bonchev–Trinajstić information content (AvgIpc) is 2.85. The van der Waals surface area contributed by atoms with Gasteiger partial charge in [-0.25, -0.2) is 4.79 Å². The molecule has 0 aliphatic heterocycles. The van der Waals surface area contributed by atoms with E-state index in [0.717, 1.165) is 25.9 Å². The van der Waals surface area contributed by atoms with Crippen LogP contribution in [0.25, 0.3) is 5.69 Å². The summed E-state index contributed by atoms with van der Waals surface area (Å²) < 4.78 is 7.37. The highest BCUT2D eigenvalue weighted by molar-refractivity contribution is 5.91. The fourth-order valence-electron chi connectivity index (χ4n) is 3.76. The number of nitrogens with zero attached hydrogens (tertiary/aromatic N) is 4. The maximum atomic E-state index is 13.4. The lowest BCUT2D eigenvalue weighted by atomic mass is 10.1. The van der Waals surface area contributed by atoms with Gasteiger partial charge in [-0.3, -0.25) is 19.1 Å². The summed E-state index contributed by atoms with van der Waals surface area (Å²) in [7, 11) is 1.54. The summed E-state index contributed by atoms with van der Waals surface area (Å²) in [6.07, 6.45) is 3.25. The van der Waals surface area contributed by atoms with Crippen molar-refractivity contribution in [1.29, 1.82) is 0 Å². The SMILES string of the molecule is COc1cccc(Cn2c(=O)c(C(=O)NCc3cccnc3)nn(-c3cc(C)cc(C)c3)c2=O)c1. The van der Waals surface area contributed by atoms with Gasteiger partial charge in [-0.05, 0) is 66.4 Å². The first kappa shape index (κ1) is 23.6. The Kier molecular flexibility index (Phi) is 6.86. The van der Waals surface area contributed by atoms with E-state index in [-0.39, 0.29) is 18.8 Å². The van der Waals surface area contributed by atoms with Crippen LogP contribution in [0.2, 0.25) is 0 Å². The first-order valence-corrected chi connectivity index (χ1v) is 11.0. The number of benzene rings is 2. The zero-order chi connectivity index (χ0) is 24.9. The number of hydrogen-bond acceptors (Lipinski definition) is 6. The molecular weight excluding hydrogens is 446 g/mol. The van der Waals surface area contributed by atoms with Crippen molar-refractivity contribution < 1.29 is 9.53 Å². The summed E-state index contributed by atoms with van der Waals surface area (Å²) >= 11 is 0. The summed E-state index contributed by atoms with van der Waals surface area (Å²) in [4.78, 5) is 43.8. The molecule has 2 aromatic carbocycles. The minimum Gasteiger partial charge on any atom is -0.497 e. The van der Waals surface area contributed by atoms with Crippen LogP contribution in [0.5, 0.6) is 5.75 Å². The highest BCUT2D eigenvalue weighted by Crippen LogP contribution is 2.14. The highest BCUT2D eigenvalue weighted by Gasteiger charge is 2.21. The van der Waals surface area contributed by atoms with Crippen LogP contribution in [0.15, 0.2) is 76.6 Å². The van der Waals surface area contributed by atoms with Crippen LogP contribution in [0, 0.1) is 13.8 Å². The van der Waals surface area contributed by atoms with Crippen molar-refractivity contribution in [2.45, 2.75) is 26.9 Å². The zero-order valence-electron chi connectivity index (χ0n) is 19.7. The Morgan fingerprint density at radius 1 is 1.00 bits per heavy atom. The number of hydrogen-bond donors (Lipinski definition) is 1. The molecular formula is C26H25N5O4. The molecule has 0 aliphatic rings. The van der Waals surface area contributed by atoms with E-state index in [1.807, 2.05) is 19.9 Å². The molecule has 9 heteroatoms. The lowest BCUT2D eigenvalue weighted by Gasteiger charge is -2.13. The van der Waals surface area contributed by atoms with Crippen molar-refractivity contribution >= 4 is 5.91 Å². The van der Waals surface area contributed by atoms with Crippen LogP contribution in [-0.4, -0.2) is 32.3 Å². The van der Waals surface area contributed by atoms with Crippen LogP contribution >= 0.6 is 0 Å². The van der Waals surface area contributed by atoms with Crippen LogP contribution in [0.1, 0.15) is 32.7 Å². The van der Waals surface area contributed by atoms with E-state index >= 15 is 0 Å². The highest BCUT2D eigenvalue weighted by atomic mass is 16.5. The summed E-state index contributed by atoms with van der Waals surface area (Å²) in [6, 6.07) is 16.1. The molecule has 2 aromatic heterocycles. The second-order valence-electron chi connectivity index (χ2n) is 8.18. The van der Waals surface area contributed by atoms with Gasteiger partial charge >= 0.3 is 5.69 Å². The molecule has 35 heavy (non-hydrogen) atoms. The normalized spacial score (nSPS) is 10.7. The number of amides is 1. The molecule has 0 spiro atoms. The quantitative estimate of drug-likeness (QED) is 0.443. The number of carbonyl (C=O) groups excluding carboxylic acids is 1. The summed E-state index contributed by atoms with van der Waals surface area (Å²) in [6.45, 7) is 3.90. The second-order valence-corrected chi connectivity index (χ2v) is 8.18. The van der Waals surface area contributed by atoms with Gasteiger partial charge in [0.2, 0.25) is 5.69 Å². The van der Waals surface area contributed by atoms with Gasteiger partial charge in [-0.15, -0.1) is 0 Å². The summed E-state index contributed by atoms with van der Waals surface area (Å²) in [5.41, 5.74) is 1.93. The Bertz CT molecular complexity index is 1470. The van der Waals surface area contributed by atoms with Crippen molar-refractivity contribution in [3.8, 4) is 11.4 Å². The standard InChI is InChI=1S/C26H25N5O4/c1-17-10-18(2)12-21(11-17)31-26(34)30(16-19-6-4-8-22(13-19)35-3)25(33)23(29-31)24(32)28-15-20-7-5-9-27-14-20/h4-14H,15-16H2,1-3H3,(H,28,32). The Hall–Kier alpha value is -4.53. The van der Waals surface area contributed by atoms with Gasteiger partial charge in [-0.2, -0.15) is 9.78 Å². The monoisotopic (exact) mass is 471 g/mol. The third-order valence-electron chi connectivity index (χ3n) is 5.38. The predicted octanol–water partition coefficient (Wildman–Crippen LogP) is 2.39. The van der Waals surface area contributed by atoms with E-state index in [0.29, 0.717) is 17.0 Å². The van der Waals surface area contributed by atoms with Crippen LogP contribution in [0.3, 0.4) is 0 Å². The average molecular weight is 472 g/mol. The number of pyridine rings is 1. The molecule has 1 amide bonds. The van der Waals surface area contributed by atoms with E-state index in [2.05, 4.69) is 15.4 Å². The number of rotatable bonds is 7. The second kappa shape index (κ2) is 10.2. The molecule has 4 aromatic rings. The van der Waals surface area contributed by atoms with E-state index in [1.54, 1.807) is 60.9 Å². The molecule has 9 nitrogen and oxygen atoms in total. The van der Waals surface area contributed by atoms with Gasteiger partial charge < -0.3 is 10.1 Å². The zero-order valence-corrected chi connectivity index (χ0v) is 19.7. The molecule has 0 fully saturated rings. The number of methoxy groups -OCH3 is 1. The molecule has 0 saturated heterocycles. The first-order chi connectivity index (χ1) is 16.9. The smallest absolute Gasteiger partial charge is 0.352 e. The van der Waals surface area contributed by atoms with E-state index in [1.165, 1.54) is 7.11 Å².